The van der Waals surface area contributed by atoms with Crippen molar-refractivity contribution < 1.29 is 22.0 Å². The Kier molecular flexibility index (Phi) is 5.53. The average molecular weight is 514 g/mol. The van der Waals surface area contributed by atoms with Gasteiger partial charge in [0.15, 0.2) is 0 Å². The van der Waals surface area contributed by atoms with Gasteiger partial charge >= 0.3 is 0 Å². The van der Waals surface area contributed by atoms with Gasteiger partial charge in [0, 0.05) is 39.0 Å². The van der Waals surface area contributed by atoms with Crippen molar-refractivity contribution in [3.05, 3.63) is 93.4 Å². The van der Waals surface area contributed by atoms with E-state index in [1.165, 1.54) is 34.2 Å². The number of thiophene rings is 1. The molecule has 0 saturated heterocycles. The third kappa shape index (κ3) is 4.13. The standard InChI is InChI=1S/C24H17F2N3O4S2/c1-35(32,33)28-24(31)21-19(16-3-2-9-27-23(16)30)20-18(7-5-13-8-10-34-22(13)20)29(21)12-14-4-6-15(25)11-17(14)26/h2-11H,12H2,1H3,(H,27,30)(H,28,31). The van der Waals surface area contributed by atoms with Crippen LogP contribution in [0, 0.1) is 11.6 Å². The topological polar surface area (TPSA) is 101 Å². The number of halogens is 2. The molecule has 2 N–H and O–H groups in total. The smallest absolute Gasteiger partial charge is 0.282 e. The summed E-state index contributed by atoms with van der Waals surface area (Å²) in [5.41, 5.74) is 0.319. The highest BCUT2D eigenvalue weighted by Gasteiger charge is 2.29. The maximum Gasteiger partial charge on any atom is 0.282 e. The first-order valence-electron chi connectivity index (χ1n) is 10.3. The first-order valence-corrected chi connectivity index (χ1v) is 13.1. The van der Waals surface area contributed by atoms with Crippen molar-refractivity contribution in [2.24, 2.45) is 0 Å². The van der Waals surface area contributed by atoms with Crippen LogP contribution in [0.3, 0.4) is 0 Å². The number of rotatable bonds is 5. The predicted molar refractivity (Wildman–Crippen MR) is 131 cm³/mol. The summed E-state index contributed by atoms with van der Waals surface area (Å²) in [6.45, 7) is -0.212. The van der Waals surface area contributed by atoms with E-state index in [0.29, 0.717) is 10.9 Å². The Morgan fingerprint density at radius 3 is 2.66 bits per heavy atom. The monoisotopic (exact) mass is 513 g/mol. The van der Waals surface area contributed by atoms with Crippen LogP contribution in [-0.2, 0) is 16.6 Å². The van der Waals surface area contributed by atoms with Gasteiger partial charge in [-0.25, -0.2) is 21.9 Å². The largest absolute Gasteiger partial charge is 0.331 e. The fourth-order valence-corrected chi connectivity index (χ4v) is 5.56. The molecular weight excluding hydrogens is 496 g/mol. The highest BCUT2D eigenvalue weighted by molar-refractivity contribution is 7.89. The summed E-state index contributed by atoms with van der Waals surface area (Å²) in [5, 5.41) is 3.27. The van der Waals surface area contributed by atoms with Gasteiger partial charge in [0.2, 0.25) is 10.0 Å². The number of fused-ring (bicyclic) bond motifs is 3. The van der Waals surface area contributed by atoms with Crippen molar-refractivity contribution >= 4 is 48.3 Å². The lowest BCUT2D eigenvalue weighted by molar-refractivity contribution is 0.0974. The number of carbonyl (C=O) groups excluding carboxylic acids is 1. The summed E-state index contributed by atoms with van der Waals surface area (Å²) in [6.07, 6.45) is 2.28. The van der Waals surface area contributed by atoms with Crippen LogP contribution in [0.5, 0.6) is 0 Å². The van der Waals surface area contributed by atoms with Gasteiger partial charge in [0.1, 0.15) is 17.3 Å². The number of hydrogen-bond acceptors (Lipinski definition) is 5. The third-order valence-corrected chi connectivity index (χ3v) is 7.08. The Hall–Kier alpha value is -3.83. The van der Waals surface area contributed by atoms with Crippen LogP contribution < -0.4 is 10.3 Å². The minimum absolute atomic E-state index is 0.0801. The fraction of sp³-hybridized carbons (Fsp3) is 0.0833. The van der Waals surface area contributed by atoms with Gasteiger partial charge in [-0.3, -0.25) is 9.59 Å². The van der Waals surface area contributed by atoms with E-state index in [4.69, 9.17) is 0 Å². The number of aromatic nitrogens is 2. The third-order valence-electron chi connectivity index (χ3n) is 5.57. The molecule has 5 rings (SSSR count). The van der Waals surface area contributed by atoms with E-state index >= 15 is 0 Å². The van der Waals surface area contributed by atoms with Crippen LogP contribution in [0.25, 0.3) is 32.1 Å². The number of benzene rings is 2. The summed E-state index contributed by atoms with van der Waals surface area (Å²) in [6, 6.07) is 11.6. The number of nitrogens with zero attached hydrogens (tertiary/aromatic N) is 1. The van der Waals surface area contributed by atoms with Gasteiger partial charge < -0.3 is 9.55 Å². The number of carbonyl (C=O) groups is 1. The molecule has 11 heteroatoms. The SMILES string of the molecule is CS(=O)(=O)NC(=O)c1c(-c2ccc[nH]c2=O)c2c3sccc3ccc2n1Cc1ccc(F)cc1F. The van der Waals surface area contributed by atoms with E-state index in [9.17, 15) is 26.8 Å². The van der Waals surface area contributed by atoms with Crippen molar-refractivity contribution in [3.8, 4) is 11.1 Å². The van der Waals surface area contributed by atoms with Gasteiger partial charge in [0.05, 0.1) is 18.3 Å². The molecule has 3 heterocycles. The van der Waals surface area contributed by atoms with Crippen LogP contribution in [0.1, 0.15) is 16.1 Å². The lowest BCUT2D eigenvalue weighted by Crippen LogP contribution is -2.32. The molecule has 0 saturated carbocycles. The van der Waals surface area contributed by atoms with Crippen molar-refractivity contribution in [2.45, 2.75) is 6.54 Å². The second kappa shape index (κ2) is 8.43. The van der Waals surface area contributed by atoms with Crippen LogP contribution in [-0.4, -0.2) is 30.1 Å². The lowest BCUT2D eigenvalue weighted by atomic mass is 10.0. The van der Waals surface area contributed by atoms with Crippen LogP contribution in [0.4, 0.5) is 8.78 Å². The van der Waals surface area contributed by atoms with Gasteiger partial charge in [-0.1, -0.05) is 12.1 Å². The number of nitrogens with one attached hydrogen (secondary N) is 2. The van der Waals surface area contributed by atoms with E-state index in [2.05, 4.69) is 4.98 Å². The zero-order valence-electron chi connectivity index (χ0n) is 18.1. The van der Waals surface area contributed by atoms with E-state index < -0.39 is 33.1 Å². The Morgan fingerprint density at radius 1 is 1.14 bits per heavy atom. The van der Waals surface area contributed by atoms with E-state index in [0.717, 1.165) is 28.5 Å². The number of amides is 1. The first kappa shape index (κ1) is 22.9. The molecule has 7 nitrogen and oxygen atoms in total. The van der Waals surface area contributed by atoms with Crippen molar-refractivity contribution in [1.29, 1.82) is 0 Å². The maximum absolute atomic E-state index is 14.6. The number of aromatic amines is 1. The van der Waals surface area contributed by atoms with Crippen LogP contribution in [0.2, 0.25) is 0 Å². The molecule has 178 valence electrons. The Bertz CT molecular complexity index is 1800. The van der Waals surface area contributed by atoms with E-state index in [-0.39, 0.29) is 28.9 Å². The van der Waals surface area contributed by atoms with Crippen LogP contribution >= 0.6 is 11.3 Å². The summed E-state index contributed by atoms with van der Waals surface area (Å²) in [5.74, 6) is -2.55. The van der Waals surface area contributed by atoms with E-state index in [1.54, 1.807) is 12.1 Å². The first-order chi connectivity index (χ1) is 16.6. The van der Waals surface area contributed by atoms with Gasteiger partial charge in [0.25, 0.3) is 11.5 Å². The second-order valence-electron chi connectivity index (χ2n) is 7.96. The van der Waals surface area contributed by atoms with Crippen molar-refractivity contribution in [1.82, 2.24) is 14.3 Å². The molecule has 0 aliphatic carbocycles. The zero-order chi connectivity index (χ0) is 24.9. The predicted octanol–water partition coefficient (Wildman–Crippen LogP) is 4.23. The van der Waals surface area contributed by atoms with Gasteiger partial charge in [-0.05, 0) is 41.1 Å². The van der Waals surface area contributed by atoms with Crippen molar-refractivity contribution in [3.63, 3.8) is 0 Å². The summed E-state index contributed by atoms with van der Waals surface area (Å²) in [4.78, 5) is 28.8. The Balaban J connectivity index is 1.92. The molecule has 0 radical (unpaired) electrons. The number of H-pyrrole nitrogens is 1. The van der Waals surface area contributed by atoms with Crippen molar-refractivity contribution in [2.75, 3.05) is 6.26 Å². The highest BCUT2D eigenvalue weighted by atomic mass is 32.2. The normalized spacial score (nSPS) is 11.9. The average Bonchev–Trinajstić information content (AvgIpc) is 3.37. The highest BCUT2D eigenvalue weighted by Crippen LogP contribution is 2.40. The molecule has 0 bridgehead atoms. The molecule has 0 atom stereocenters. The lowest BCUT2D eigenvalue weighted by Gasteiger charge is -2.13. The van der Waals surface area contributed by atoms with Gasteiger partial charge in [-0.2, -0.15) is 0 Å². The molecule has 2 aromatic carbocycles. The molecule has 1 amide bonds. The number of hydrogen-bond donors (Lipinski definition) is 2. The Labute approximate surface area is 201 Å². The van der Waals surface area contributed by atoms with E-state index in [1.807, 2.05) is 22.2 Å². The summed E-state index contributed by atoms with van der Waals surface area (Å²) < 4.78 is 56.3. The molecule has 0 aliphatic rings. The molecule has 0 unspecified atom stereocenters. The molecule has 0 spiro atoms. The maximum atomic E-state index is 14.6. The summed E-state index contributed by atoms with van der Waals surface area (Å²) in [7, 11) is -3.97. The Morgan fingerprint density at radius 2 is 1.94 bits per heavy atom. The van der Waals surface area contributed by atoms with Crippen LogP contribution in [0.15, 0.2) is 64.9 Å². The molecule has 5 aromatic rings. The van der Waals surface area contributed by atoms with Gasteiger partial charge in [-0.15, -0.1) is 11.3 Å². The molecule has 0 aliphatic heterocycles. The molecular formula is C24H17F2N3O4S2. The molecule has 3 aromatic heterocycles. The quantitative estimate of drug-likeness (QED) is 0.367. The minimum atomic E-state index is -3.97. The summed E-state index contributed by atoms with van der Waals surface area (Å²) >= 11 is 1.39. The minimum Gasteiger partial charge on any atom is -0.331 e. The number of pyridine rings is 1. The molecule has 0 fully saturated rings. The second-order valence-corrected chi connectivity index (χ2v) is 10.6. The zero-order valence-corrected chi connectivity index (χ0v) is 19.8. The molecule has 35 heavy (non-hydrogen) atoms. The number of sulfonamides is 1. The fourth-order valence-electron chi connectivity index (χ4n) is 4.18.